The molecule has 0 bridgehead atoms. The molecule has 120 valence electrons. The Morgan fingerprint density at radius 2 is 1.92 bits per heavy atom. The van der Waals surface area contributed by atoms with E-state index < -0.39 is 0 Å². The minimum Gasteiger partial charge on any atom is -0.363 e. The van der Waals surface area contributed by atoms with Gasteiger partial charge in [-0.05, 0) is 23.8 Å². The predicted octanol–water partition coefficient (Wildman–Crippen LogP) is 3.28. The van der Waals surface area contributed by atoms with Crippen LogP contribution in [0.2, 0.25) is 0 Å². The average Bonchev–Trinajstić information content (AvgIpc) is 3.12. The van der Waals surface area contributed by atoms with E-state index in [2.05, 4.69) is 26.3 Å². The molecule has 25 heavy (non-hydrogen) atoms. The number of rotatable bonds is 4. The molecular weight excluding hydrogens is 312 g/mol. The van der Waals surface area contributed by atoms with Gasteiger partial charge in [0.1, 0.15) is 0 Å². The van der Waals surface area contributed by atoms with E-state index in [1.54, 1.807) is 24.5 Å². The van der Waals surface area contributed by atoms with Gasteiger partial charge >= 0.3 is 0 Å². The van der Waals surface area contributed by atoms with Crippen LogP contribution in [0.25, 0.3) is 16.9 Å². The highest BCUT2D eigenvalue weighted by Crippen LogP contribution is 2.23. The maximum atomic E-state index is 8.93. The molecule has 4 aromatic rings. The number of aromatic nitrogens is 4. The Labute approximate surface area is 144 Å². The number of nitrogens with zero attached hydrogens (tertiary/aromatic N) is 5. The summed E-state index contributed by atoms with van der Waals surface area (Å²) in [4.78, 5) is 13.0. The molecule has 0 radical (unpaired) electrons. The third-order valence-corrected chi connectivity index (χ3v) is 3.92. The van der Waals surface area contributed by atoms with Crippen molar-refractivity contribution < 1.29 is 0 Å². The topological polar surface area (TPSA) is 78.9 Å². The van der Waals surface area contributed by atoms with Gasteiger partial charge in [0.05, 0.1) is 23.5 Å². The molecule has 0 saturated carbocycles. The van der Waals surface area contributed by atoms with Crippen LogP contribution in [-0.2, 0) is 6.54 Å². The molecule has 0 amide bonds. The van der Waals surface area contributed by atoms with Crippen LogP contribution in [0.1, 0.15) is 11.1 Å². The van der Waals surface area contributed by atoms with Gasteiger partial charge in [0, 0.05) is 36.9 Å². The Balaban J connectivity index is 1.66. The minimum absolute atomic E-state index is 0.625. The van der Waals surface area contributed by atoms with Crippen molar-refractivity contribution in [2.45, 2.75) is 6.54 Å². The number of nitriles is 1. The third kappa shape index (κ3) is 2.91. The van der Waals surface area contributed by atoms with Crippen LogP contribution in [0, 0.1) is 11.3 Å². The smallest absolute Gasteiger partial charge is 0.180 e. The first-order chi connectivity index (χ1) is 12.3. The standard InChI is InChI=1S/C19H14N6/c20-10-14-3-5-16(6-4-14)17-13-24-19-18(22-8-9-25(17)19)23-12-15-2-1-7-21-11-15/h1-9,11,13H,12H2,(H,22,23). The van der Waals surface area contributed by atoms with Crippen molar-refractivity contribution in [3.63, 3.8) is 0 Å². The van der Waals surface area contributed by atoms with E-state index in [9.17, 15) is 0 Å². The Kier molecular flexibility index (Phi) is 3.81. The fraction of sp³-hybridized carbons (Fsp3) is 0.0526. The molecule has 6 nitrogen and oxygen atoms in total. The van der Waals surface area contributed by atoms with Crippen LogP contribution in [0.15, 0.2) is 67.4 Å². The molecule has 0 aliphatic carbocycles. The van der Waals surface area contributed by atoms with Crippen molar-refractivity contribution >= 4 is 11.5 Å². The Hall–Kier alpha value is -3.72. The van der Waals surface area contributed by atoms with Gasteiger partial charge in [-0.25, -0.2) is 9.97 Å². The van der Waals surface area contributed by atoms with E-state index in [0.29, 0.717) is 17.9 Å². The number of pyridine rings is 1. The number of nitrogens with one attached hydrogen (secondary N) is 1. The normalized spacial score (nSPS) is 10.5. The van der Waals surface area contributed by atoms with Crippen molar-refractivity contribution in [3.8, 4) is 17.3 Å². The van der Waals surface area contributed by atoms with E-state index in [4.69, 9.17) is 5.26 Å². The highest BCUT2D eigenvalue weighted by atomic mass is 15.1. The monoisotopic (exact) mass is 326 g/mol. The highest BCUT2D eigenvalue weighted by Gasteiger charge is 2.10. The maximum Gasteiger partial charge on any atom is 0.180 e. The first-order valence-corrected chi connectivity index (χ1v) is 7.80. The van der Waals surface area contributed by atoms with E-state index in [1.165, 1.54) is 0 Å². The lowest BCUT2D eigenvalue weighted by molar-refractivity contribution is 1.06. The van der Waals surface area contributed by atoms with Crippen LogP contribution in [0.3, 0.4) is 0 Å². The molecule has 0 spiro atoms. The van der Waals surface area contributed by atoms with Gasteiger partial charge in [0.15, 0.2) is 11.5 Å². The van der Waals surface area contributed by atoms with Crippen LogP contribution in [0.5, 0.6) is 0 Å². The minimum atomic E-state index is 0.625. The van der Waals surface area contributed by atoms with Gasteiger partial charge in [-0.2, -0.15) is 5.26 Å². The van der Waals surface area contributed by atoms with Gasteiger partial charge in [0.25, 0.3) is 0 Å². The van der Waals surface area contributed by atoms with Crippen LogP contribution in [0.4, 0.5) is 5.82 Å². The summed E-state index contributed by atoms with van der Waals surface area (Å²) < 4.78 is 1.99. The van der Waals surface area contributed by atoms with Gasteiger partial charge < -0.3 is 5.32 Å². The summed E-state index contributed by atoms with van der Waals surface area (Å²) in [6.45, 7) is 0.625. The zero-order valence-electron chi connectivity index (χ0n) is 13.3. The van der Waals surface area contributed by atoms with E-state index in [-0.39, 0.29) is 0 Å². The van der Waals surface area contributed by atoms with Crippen LogP contribution >= 0.6 is 0 Å². The number of anilines is 1. The van der Waals surface area contributed by atoms with Crippen LogP contribution < -0.4 is 5.32 Å². The zero-order valence-corrected chi connectivity index (χ0v) is 13.3. The van der Waals surface area contributed by atoms with Crippen molar-refractivity contribution in [2.24, 2.45) is 0 Å². The number of imidazole rings is 1. The molecule has 3 heterocycles. The Morgan fingerprint density at radius 3 is 2.68 bits per heavy atom. The largest absolute Gasteiger partial charge is 0.363 e. The fourth-order valence-electron chi connectivity index (χ4n) is 2.66. The highest BCUT2D eigenvalue weighted by molar-refractivity contribution is 5.70. The lowest BCUT2D eigenvalue weighted by Gasteiger charge is -2.07. The van der Waals surface area contributed by atoms with Gasteiger partial charge in [-0.15, -0.1) is 0 Å². The van der Waals surface area contributed by atoms with Crippen molar-refractivity contribution in [2.75, 3.05) is 5.32 Å². The second-order valence-corrected chi connectivity index (χ2v) is 5.52. The lowest BCUT2D eigenvalue weighted by Crippen LogP contribution is -2.04. The molecule has 0 unspecified atom stereocenters. The number of hydrogen-bond acceptors (Lipinski definition) is 5. The summed E-state index contributed by atoms with van der Waals surface area (Å²) in [5.41, 5.74) is 4.41. The Morgan fingerprint density at radius 1 is 1.04 bits per heavy atom. The van der Waals surface area contributed by atoms with E-state index in [1.807, 2.05) is 47.3 Å². The summed E-state index contributed by atoms with van der Waals surface area (Å²) in [7, 11) is 0. The fourth-order valence-corrected chi connectivity index (χ4v) is 2.66. The summed E-state index contributed by atoms with van der Waals surface area (Å²) in [6.07, 6.45) is 9.01. The summed E-state index contributed by atoms with van der Waals surface area (Å²) >= 11 is 0. The Bertz CT molecular complexity index is 1040. The SMILES string of the molecule is N#Cc1ccc(-c2cnc3c(NCc4cccnc4)nccn23)cc1. The molecule has 1 N–H and O–H groups in total. The first-order valence-electron chi connectivity index (χ1n) is 7.80. The summed E-state index contributed by atoms with van der Waals surface area (Å²) in [5.74, 6) is 0.714. The molecule has 0 atom stereocenters. The van der Waals surface area contributed by atoms with E-state index in [0.717, 1.165) is 22.5 Å². The molecule has 1 aromatic carbocycles. The quantitative estimate of drug-likeness (QED) is 0.622. The summed E-state index contributed by atoms with van der Waals surface area (Å²) in [6, 6.07) is 13.5. The zero-order chi connectivity index (χ0) is 17.1. The lowest BCUT2D eigenvalue weighted by atomic mass is 10.1. The number of hydrogen-bond donors (Lipinski definition) is 1. The molecule has 0 saturated heterocycles. The molecule has 3 aromatic heterocycles. The number of fused-ring (bicyclic) bond motifs is 1. The second-order valence-electron chi connectivity index (χ2n) is 5.52. The number of benzene rings is 1. The molecule has 0 fully saturated rings. The first kappa shape index (κ1) is 14.8. The molecule has 4 rings (SSSR count). The van der Waals surface area contributed by atoms with Gasteiger partial charge in [-0.1, -0.05) is 18.2 Å². The van der Waals surface area contributed by atoms with Crippen molar-refractivity contribution in [1.29, 1.82) is 5.26 Å². The van der Waals surface area contributed by atoms with Gasteiger partial charge in [0.2, 0.25) is 0 Å². The maximum absolute atomic E-state index is 8.93. The van der Waals surface area contributed by atoms with Crippen LogP contribution in [-0.4, -0.2) is 19.4 Å². The van der Waals surface area contributed by atoms with E-state index >= 15 is 0 Å². The third-order valence-electron chi connectivity index (χ3n) is 3.92. The molecule has 6 heteroatoms. The summed E-state index contributed by atoms with van der Waals surface area (Å²) in [5, 5.41) is 12.2. The van der Waals surface area contributed by atoms with Crippen molar-refractivity contribution in [1.82, 2.24) is 19.4 Å². The van der Waals surface area contributed by atoms with Crippen molar-refractivity contribution in [3.05, 3.63) is 78.5 Å². The second kappa shape index (κ2) is 6.42. The van der Waals surface area contributed by atoms with Gasteiger partial charge in [-0.3, -0.25) is 9.38 Å². The molecule has 0 aliphatic rings. The average molecular weight is 326 g/mol. The molecular formula is C19H14N6. The molecule has 0 aliphatic heterocycles. The predicted molar refractivity (Wildman–Crippen MR) is 94.7 cm³/mol.